The Kier molecular flexibility index (Phi) is 4.00. The fourth-order valence-corrected chi connectivity index (χ4v) is 3.48. The normalized spacial score (nSPS) is 31.2. The van der Waals surface area contributed by atoms with Crippen molar-refractivity contribution in [1.29, 1.82) is 0 Å². The van der Waals surface area contributed by atoms with Crippen LogP contribution in [0.4, 0.5) is 0 Å². The molecule has 2 aliphatic heterocycles. The zero-order valence-electron chi connectivity index (χ0n) is 13.0. The van der Waals surface area contributed by atoms with Crippen molar-refractivity contribution >= 4 is 5.91 Å². The second-order valence-corrected chi connectivity index (χ2v) is 6.36. The maximum absolute atomic E-state index is 12.4. The molecule has 2 heterocycles. The topological polar surface area (TPSA) is 50.4 Å². The van der Waals surface area contributed by atoms with Gasteiger partial charge in [-0.1, -0.05) is 25.1 Å². The highest BCUT2D eigenvalue weighted by Gasteiger charge is 2.41. The maximum atomic E-state index is 12.4. The van der Waals surface area contributed by atoms with Crippen LogP contribution < -0.4 is 10.6 Å². The lowest BCUT2D eigenvalue weighted by Crippen LogP contribution is -2.36. The minimum absolute atomic E-state index is 0.000722. The summed E-state index contributed by atoms with van der Waals surface area (Å²) in [6.45, 7) is 8.61. The fourth-order valence-electron chi connectivity index (χ4n) is 3.48. The molecule has 1 fully saturated rings. The Hall–Kier alpha value is -1.39. The van der Waals surface area contributed by atoms with Crippen molar-refractivity contribution in [3.8, 4) is 0 Å². The van der Waals surface area contributed by atoms with Gasteiger partial charge in [0.25, 0.3) is 0 Å². The summed E-state index contributed by atoms with van der Waals surface area (Å²) >= 11 is 0. The van der Waals surface area contributed by atoms with Gasteiger partial charge in [0.05, 0.1) is 18.1 Å². The van der Waals surface area contributed by atoms with E-state index in [0.29, 0.717) is 6.54 Å². The van der Waals surface area contributed by atoms with Crippen LogP contribution in [0, 0.1) is 11.8 Å². The summed E-state index contributed by atoms with van der Waals surface area (Å²) in [6, 6.07) is 6.45. The van der Waals surface area contributed by atoms with Crippen LogP contribution in [0.1, 0.15) is 37.5 Å². The summed E-state index contributed by atoms with van der Waals surface area (Å²) in [5.74, 6) is 0.332. The number of hydrogen-bond donors (Lipinski definition) is 2. The van der Waals surface area contributed by atoms with E-state index in [1.807, 2.05) is 13.8 Å². The number of nitrogens with one attached hydrogen (secondary N) is 2. The molecule has 4 heteroatoms. The Bertz CT molecular complexity index is 544. The van der Waals surface area contributed by atoms with Gasteiger partial charge in [-0.3, -0.25) is 4.79 Å². The molecule has 1 saturated heterocycles. The molecule has 0 bridgehead atoms. The monoisotopic (exact) mass is 288 g/mol. The summed E-state index contributed by atoms with van der Waals surface area (Å²) in [6.07, 6.45) is 0.154. The van der Waals surface area contributed by atoms with Crippen molar-refractivity contribution < 1.29 is 9.53 Å². The molecular formula is C17H24N2O2. The van der Waals surface area contributed by atoms with E-state index in [1.54, 1.807) is 0 Å². The molecule has 0 saturated carbocycles. The van der Waals surface area contributed by atoms with E-state index in [0.717, 1.165) is 18.7 Å². The quantitative estimate of drug-likeness (QED) is 0.894. The first-order valence-electron chi connectivity index (χ1n) is 7.81. The van der Waals surface area contributed by atoms with E-state index in [1.165, 1.54) is 11.1 Å². The van der Waals surface area contributed by atoms with E-state index in [-0.39, 0.29) is 30.0 Å². The first-order valence-corrected chi connectivity index (χ1v) is 7.81. The van der Waals surface area contributed by atoms with Crippen LogP contribution in [0.2, 0.25) is 0 Å². The van der Waals surface area contributed by atoms with Gasteiger partial charge in [-0.05, 0) is 36.5 Å². The number of hydrogen-bond acceptors (Lipinski definition) is 3. The van der Waals surface area contributed by atoms with Gasteiger partial charge >= 0.3 is 0 Å². The van der Waals surface area contributed by atoms with Gasteiger partial charge in [0.2, 0.25) is 5.91 Å². The van der Waals surface area contributed by atoms with Gasteiger partial charge in [0.1, 0.15) is 0 Å². The van der Waals surface area contributed by atoms with Crippen molar-refractivity contribution in [2.24, 2.45) is 11.8 Å². The van der Waals surface area contributed by atoms with Crippen LogP contribution in [-0.4, -0.2) is 18.1 Å². The zero-order valence-corrected chi connectivity index (χ0v) is 13.0. The van der Waals surface area contributed by atoms with Crippen molar-refractivity contribution in [1.82, 2.24) is 10.6 Å². The second-order valence-electron chi connectivity index (χ2n) is 6.36. The first kappa shape index (κ1) is 14.5. The predicted octanol–water partition coefficient (Wildman–Crippen LogP) is 1.97. The van der Waals surface area contributed by atoms with Crippen molar-refractivity contribution in [3.63, 3.8) is 0 Å². The van der Waals surface area contributed by atoms with Gasteiger partial charge in [-0.25, -0.2) is 0 Å². The first-order chi connectivity index (χ1) is 10.1. The summed E-state index contributed by atoms with van der Waals surface area (Å²) in [4.78, 5) is 12.4. The summed E-state index contributed by atoms with van der Waals surface area (Å²) in [5, 5.41) is 6.41. The second kappa shape index (κ2) is 5.78. The number of ether oxygens (including phenoxy) is 1. The molecule has 4 atom stereocenters. The van der Waals surface area contributed by atoms with E-state index in [4.69, 9.17) is 4.74 Å². The standard InChI is InChI=1S/C17H24N2O2/c1-10-11(2)21-12(3)16(10)17(20)19-7-13-4-5-14-8-18-9-15(14)6-13/h4-6,10-12,16,18H,7-9H2,1-3H3,(H,19,20). The predicted molar refractivity (Wildman–Crippen MR) is 81.5 cm³/mol. The smallest absolute Gasteiger partial charge is 0.226 e. The molecule has 4 unspecified atom stereocenters. The zero-order chi connectivity index (χ0) is 15.0. The average molecular weight is 288 g/mol. The number of carbonyl (C=O) groups is 1. The number of carbonyl (C=O) groups excluding carboxylic acids is 1. The summed E-state index contributed by atoms with van der Waals surface area (Å²) in [7, 11) is 0. The lowest BCUT2D eigenvalue weighted by Gasteiger charge is -2.18. The highest BCUT2D eigenvalue weighted by molar-refractivity contribution is 5.79. The van der Waals surface area contributed by atoms with Crippen LogP contribution in [0.25, 0.3) is 0 Å². The van der Waals surface area contributed by atoms with Gasteiger partial charge in [0.15, 0.2) is 0 Å². The number of rotatable bonds is 3. The van der Waals surface area contributed by atoms with Crippen LogP contribution in [0.5, 0.6) is 0 Å². The Balaban J connectivity index is 1.61. The van der Waals surface area contributed by atoms with E-state index in [2.05, 4.69) is 35.8 Å². The van der Waals surface area contributed by atoms with Crippen molar-refractivity contribution in [2.75, 3.05) is 0 Å². The molecular weight excluding hydrogens is 264 g/mol. The number of fused-ring (bicyclic) bond motifs is 1. The molecule has 0 radical (unpaired) electrons. The molecule has 3 rings (SSSR count). The third kappa shape index (κ3) is 2.83. The molecule has 0 aliphatic carbocycles. The SMILES string of the molecule is CC1OC(C)C(C(=O)NCc2ccc3c(c2)CNC3)C1C. The van der Waals surface area contributed by atoms with Gasteiger partial charge in [-0.15, -0.1) is 0 Å². The molecule has 4 nitrogen and oxygen atoms in total. The van der Waals surface area contributed by atoms with Crippen LogP contribution >= 0.6 is 0 Å². The van der Waals surface area contributed by atoms with E-state index in [9.17, 15) is 4.79 Å². The summed E-state index contributed by atoms with van der Waals surface area (Å²) < 4.78 is 5.75. The van der Waals surface area contributed by atoms with E-state index >= 15 is 0 Å². The molecule has 1 aromatic rings. The third-order valence-corrected chi connectivity index (χ3v) is 4.91. The molecule has 0 spiro atoms. The number of amides is 1. The third-order valence-electron chi connectivity index (χ3n) is 4.91. The van der Waals surface area contributed by atoms with Gasteiger partial charge in [-0.2, -0.15) is 0 Å². The highest BCUT2D eigenvalue weighted by atomic mass is 16.5. The maximum Gasteiger partial charge on any atom is 0.226 e. The molecule has 1 aromatic carbocycles. The molecule has 2 aliphatic rings. The van der Waals surface area contributed by atoms with Gasteiger partial charge in [0, 0.05) is 19.6 Å². The largest absolute Gasteiger partial charge is 0.374 e. The summed E-state index contributed by atoms with van der Waals surface area (Å²) in [5.41, 5.74) is 3.88. The Morgan fingerprint density at radius 3 is 2.71 bits per heavy atom. The van der Waals surface area contributed by atoms with Crippen LogP contribution in [-0.2, 0) is 29.2 Å². The molecule has 114 valence electrons. The van der Waals surface area contributed by atoms with Crippen molar-refractivity contribution in [3.05, 3.63) is 34.9 Å². The average Bonchev–Trinajstić information content (AvgIpc) is 3.01. The molecule has 0 aromatic heterocycles. The Morgan fingerprint density at radius 1 is 1.24 bits per heavy atom. The number of benzene rings is 1. The minimum Gasteiger partial charge on any atom is -0.374 e. The van der Waals surface area contributed by atoms with Crippen molar-refractivity contribution in [2.45, 2.75) is 52.6 Å². The lowest BCUT2D eigenvalue weighted by atomic mass is 9.89. The molecule has 2 N–H and O–H groups in total. The van der Waals surface area contributed by atoms with E-state index < -0.39 is 0 Å². The van der Waals surface area contributed by atoms with Crippen LogP contribution in [0.3, 0.4) is 0 Å². The van der Waals surface area contributed by atoms with Crippen LogP contribution in [0.15, 0.2) is 18.2 Å². The molecule has 21 heavy (non-hydrogen) atoms. The highest BCUT2D eigenvalue weighted by Crippen LogP contribution is 2.32. The fraction of sp³-hybridized carbons (Fsp3) is 0.588. The molecule has 1 amide bonds. The van der Waals surface area contributed by atoms with Gasteiger partial charge < -0.3 is 15.4 Å². The lowest BCUT2D eigenvalue weighted by molar-refractivity contribution is -0.127. The minimum atomic E-state index is -0.0453. The Labute approximate surface area is 126 Å². The Morgan fingerprint density at radius 2 is 2.00 bits per heavy atom.